The Morgan fingerprint density at radius 3 is 2.42 bits per heavy atom. The van der Waals surface area contributed by atoms with Gasteiger partial charge >= 0.3 is 0 Å². The average Bonchev–Trinajstić information content (AvgIpc) is 3.27. The number of Topliss-reactive ketones (excluding diaryl/α,β-unsaturated/α-hetero) is 1. The number of hydrogen-bond donors (Lipinski definition) is 0. The van der Waals surface area contributed by atoms with Crippen molar-refractivity contribution in [1.82, 2.24) is 0 Å². The Balaban J connectivity index is 1.68. The Hall–Kier alpha value is -1.31. The van der Waals surface area contributed by atoms with Crippen molar-refractivity contribution < 1.29 is 9.53 Å². The standard InChI is InChI=1S/C17H24O2/c1-2-3-4-5-6-13-19-16-11-9-15(10-12-16)17(18)14-7-8-14/h9-12,14H,2-8,13H2,1H3. The number of carbonyl (C=O) groups is 1. The van der Waals surface area contributed by atoms with Crippen molar-refractivity contribution in [2.75, 3.05) is 6.61 Å². The Morgan fingerprint density at radius 2 is 1.79 bits per heavy atom. The largest absolute Gasteiger partial charge is 0.494 e. The summed E-state index contributed by atoms with van der Waals surface area (Å²) in [5.74, 6) is 1.47. The number of carbonyl (C=O) groups excluding carboxylic acids is 1. The molecule has 1 saturated carbocycles. The van der Waals surface area contributed by atoms with Gasteiger partial charge in [0.2, 0.25) is 0 Å². The van der Waals surface area contributed by atoms with Gasteiger partial charge in [-0.15, -0.1) is 0 Å². The highest BCUT2D eigenvalue weighted by Gasteiger charge is 2.30. The third kappa shape index (κ3) is 4.70. The zero-order valence-corrected chi connectivity index (χ0v) is 11.9. The summed E-state index contributed by atoms with van der Waals surface area (Å²) in [6, 6.07) is 7.63. The number of unbranched alkanes of at least 4 members (excludes halogenated alkanes) is 4. The Kier molecular flexibility index (Phi) is 5.44. The van der Waals surface area contributed by atoms with Crippen LogP contribution >= 0.6 is 0 Å². The number of benzene rings is 1. The second-order valence-corrected chi connectivity index (χ2v) is 5.43. The van der Waals surface area contributed by atoms with Gasteiger partial charge in [0.25, 0.3) is 0 Å². The molecule has 0 N–H and O–H groups in total. The van der Waals surface area contributed by atoms with Gasteiger partial charge in [-0.1, -0.05) is 32.6 Å². The SMILES string of the molecule is CCCCCCCOc1ccc(C(=O)C2CC2)cc1. The lowest BCUT2D eigenvalue weighted by Crippen LogP contribution is -2.01. The van der Waals surface area contributed by atoms with Gasteiger partial charge in [0.15, 0.2) is 5.78 Å². The quantitative estimate of drug-likeness (QED) is 0.478. The molecule has 0 unspecified atom stereocenters. The number of hydrogen-bond acceptors (Lipinski definition) is 2. The van der Waals surface area contributed by atoms with Gasteiger partial charge in [0.1, 0.15) is 5.75 Å². The lowest BCUT2D eigenvalue weighted by molar-refractivity contribution is 0.0967. The predicted octanol–water partition coefficient (Wildman–Crippen LogP) is 4.63. The molecule has 0 heterocycles. The first-order valence-electron chi connectivity index (χ1n) is 7.58. The van der Waals surface area contributed by atoms with Gasteiger partial charge in [-0.05, 0) is 43.5 Å². The maximum absolute atomic E-state index is 11.8. The van der Waals surface area contributed by atoms with Crippen LogP contribution in [0.1, 0.15) is 62.2 Å². The van der Waals surface area contributed by atoms with E-state index in [0.29, 0.717) is 11.7 Å². The maximum Gasteiger partial charge on any atom is 0.165 e. The lowest BCUT2D eigenvalue weighted by atomic mass is 10.1. The van der Waals surface area contributed by atoms with Crippen molar-refractivity contribution in [3.8, 4) is 5.75 Å². The summed E-state index contributed by atoms with van der Waals surface area (Å²) in [6.45, 7) is 3.00. The topological polar surface area (TPSA) is 26.3 Å². The molecule has 1 aromatic carbocycles. The molecule has 2 rings (SSSR count). The molecule has 19 heavy (non-hydrogen) atoms. The summed E-state index contributed by atoms with van der Waals surface area (Å²) in [5.41, 5.74) is 0.831. The van der Waals surface area contributed by atoms with Gasteiger partial charge in [-0.2, -0.15) is 0 Å². The van der Waals surface area contributed by atoms with Crippen LogP contribution < -0.4 is 4.74 Å². The Bertz CT molecular complexity index is 390. The summed E-state index contributed by atoms with van der Waals surface area (Å²) in [7, 11) is 0. The first-order chi connectivity index (χ1) is 9.31. The minimum Gasteiger partial charge on any atom is -0.494 e. The molecule has 2 nitrogen and oxygen atoms in total. The van der Waals surface area contributed by atoms with Crippen molar-refractivity contribution in [1.29, 1.82) is 0 Å². The van der Waals surface area contributed by atoms with Crippen LogP contribution in [0.25, 0.3) is 0 Å². The highest BCUT2D eigenvalue weighted by molar-refractivity contribution is 5.99. The van der Waals surface area contributed by atoms with E-state index in [1.54, 1.807) is 0 Å². The van der Waals surface area contributed by atoms with Crippen molar-refractivity contribution in [2.24, 2.45) is 5.92 Å². The number of rotatable bonds is 9. The average molecular weight is 260 g/mol. The van der Waals surface area contributed by atoms with Crippen LogP contribution in [-0.2, 0) is 0 Å². The van der Waals surface area contributed by atoms with Crippen LogP contribution in [0.4, 0.5) is 0 Å². The molecule has 1 fully saturated rings. The Morgan fingerprint density at radius 1 is 1.11 bits per heavy atom. The van der Waals surface area contributed by atoms with Crippen molar-refractivity contribution in [2.45, 2.75) is 51.9 Å². The normalized spacial score (nSPS) is 14.4. The molecule has 1 aromatic rings. The molecule has 0 aromatic heterocycles. The molecule has 0 bridgehead atoms. The summed E-state index contributed by atoms with van der Waals surface area (Å²) in [4.78, 5) is 11.8. The highest BCUT2D eigenvalue weighted by Crippen LogP contribution is 2.32. The van der Waals surface area contributed by atoms with E-state index in [9.17, 15) is 4.79 Å². The van der Waals surface area contributed by atoms with Crippen LogP contribution in [0.15, 0.2) is 24.3 Å². The van der Waals surface area contributed by atoms with Gasteiger partial charge in [0.05, 0.1) is 6.61 Å². The highest BCUT2D eigenvalue weighted by atomic mass is 16.5. The fraction of sp³-hybridized carbons (Fsp3) is 0.588. The molecule has 0 atom stereocenters. The Labute approximate surface area is 116 Å². The fourth-order valence-corrected chi connectivity index (χ4v) is 2.19. The third-order valence-electron chi connectivity index (χ3n) is 3.60. The molecule has 104 valence electrons. The molecule has 0 amide bonds. The molecule has 0 aliphatic heterocycles. The van der Waals surface area contributed by atoms with E-state index < -0.39 is 0 Å². The summed E-state index contributed by atoms with van der Waals surface area (Å²) >= 11 is 0. The summed E-state index contributed by atoms with van der Waals surface area (Å²) in [5, 5.41) is 0. The predicted molar refractivity (Wildman–Crippen MR) is 77.8 cm³/mol. The van der Waals surface area contributed by atoms with Crippen LogP contribution in [0, 0.1) is 5.92 Å². The minimum absolute atomic E-state index is 0.297. The van der Waals surface area contributed by atoms with Crippen LogP contribution in [0.3, 0.4) is 0 Å². The smallest absolute Gasteiger partial charge is 0.165 e. The fourth-order valence-electron chi connectivity index (χ4n) is 2.19. The van der Waals surface area contributed by atoms with Crippen molar-refractivity contribution in [3.63, 3.8) is 0 Å². The molecule has 0 spiro atoms. The van der Waals surface area contributed by atoms with Gasteiger partial charge in [-0.3, -0.25) is 4.79 Å². The summed E-state index contributed by atoms with van der Waals surface area (Å²) in [6.07, 6.45) is 8.38. The molecule has 0 saturated heterocycles. The van der Waals surface area contributed by atoms with Crippen molar-refractivity contribution in [3.05, 3.63) is 29.8 Å². The zero-order valence-electron chi connectivity index (χ0n) is 11.9. The van der Waals surface area contributed by atoms with Crippen LogP contribution in [0.2, 0.25) is 0 Å². The first-order valence-corrected chi connectivity index (χ1v) is 7.58. The third-order valence-corrected chi connectivity index (χ3v) is 3.60. The van der Waals surface area contributed by atoms with E-state index in [1.165, 1.54) is 25.7 Å². The van der Waals surface area contributed by atoms with Gasteiger partial charge < -0.3 is 4.74 Å². The molecule has 1 aliphatic carbocycles. The second-order valence-electron chi connectivity index (χ2n) is 5.43. The van der Waals surface area contributed by atoms with E-state index in [-0.39, 0.29) is 0 Å². The lowest BCUT2D eigenvalue weighted by Gasteiger charge is -2.06. The monoisotopic (exact) mass is 260 g/mol. The summed E-state index contributed by atoms with van der Waals surface area (Å²) < 4.78 is 5.69. The molecular formula is C17H24O2. The van der Waals surface area contributed by atoms with E-state index in [2.05, 4.69) is 6.92 Å². The van der Waals surface area contributed by atoms with E-state index in [4.69, 9.17) is 4.74 Å². The number of ether oxygens (including phenoxy) is 1. The molecule has 0 radical (unpaired) electrons. The minimum atomic E-state index is 0.297. The molecule has 1 aliphatic rings. The maximum atomic E-state index is 11.8. The van der Waals surface area contributed by atoms with Crippen LogP contribution in [-0.4, -0.2) is 12.4 Å². The van der Waals surface area contributed by atoms with E-state index in [1.807, 2.05) is 24.3 Å². The number of ketones is 1. The van der Waals surface area contributed by atoms with Crippen molar-refractivity contribution >= 4 is 5.78 Å². The zero-order chi connectivity index (χ0) is 13.5. The second kappa shape index (κ2) is 7.32. The van der Waals surface area contributed by atoms with Gasteiger partial charge in [-0.25, -0.2) is 0 Å². The van der Waals surface area contributed by atoms with Gasteiger partial charge in [0, 0.05) is 11.5 Å². The molecule has 2 heteroatoms. The van der Waals surface area contributed by atoms with E-state index >= 15 is 0 Å². The first kappa shape index (κ1) is 14.1. The van der Waals surface area contributed by atoms with Crippen LogP contribution in [0.5, 0.6) is 5.75 Å². The van der Waals surface area contributed by atoms with E-state index in [0.717, 1.165) is 37.2 Å². The molecular weight excluding hydrogens is 236 g/mol.